The van der Waals surface area contributed by atoms with Crippen molar-refractivity contribution in [3.05, 3.63) is 23.5 Å². The van der Waals surface area contributed by atoms with Gasteiger partial charge in [0.15, 0.2) is 0 Å². The van der Waals surface area contributed by atoms with Crippen LogP contribution in [0.1, 0.15) is 13.3 Å². The normalized spacial score (nSPS) is 13.7. The Morgan fingerprint density at radius 2 is 2.31 bits per heavy atom. The summed E-state index contributed by atoms with van der Waals surface area (Å²) in [6.07, 6.45) is 2.35. The predicted octanol–water partition coefficient (Wildman–Crippen LogP) is 0.784. The summed E-state index contributed by atoms with van der Waals surface area (Å²) < 4.78 is 25.7. The molecule has 0 radical (unpaired) electrons. The molecule has 0 fully saturated rings. The van der Waals surface area contributed by atoms with Crippen molar-refractivity contribution in [2.45, 2.75) is 24.3 Å². The van der Waals surface area contributed by atoms with Crippen LogP contribution in [-0.4, -0.2) is 31.2 Å². The van der Waals surface area contributed by atoms with Crippen LogP contribution in [-0.2, 0) is 10.0 Å². The number of nitrogens with one attached hydrogen (secondary N) is 1. The highest BCUT2D eigenvalue weighted by Crippen LogP contribution is 2.18. The molecule has 0 bridgehead atoms. The Bertz CT molecular complexity index is 450. The molecule has 1 aromatic heterocycles. The lowest BCUT2D eigenvalue weighted by atomic mass is 10.3. The molecule has 90 valence electrons. The number of hydrogen-bond donors (Lipinski definition) is 2. The fourth-order valence-corrected chi connectivity index (χ4v) is 2.49. The molecule has 0 aromatic carbocycles. The molecule has 0 saturated heterocycles. The van der Waals surface area contributed by atoms with Crippen molar-refractivity contribution in [1.29, 1.82) is 0 Å². The Hall–Kier alpha value is -0.690. The van der Waals surface area contributed by atoms with Gasteiger partial charge in [-0.05, 0) is 12.5 Å². The fraction of sp³-hybridized carbons (Fsp3) is 0.444. The third-order valence-electron chi connectivity index (χ3n) is 2.00. The molecule has 0 aliphatic carbocycles. The van der Waals surface area contributed by atoms with E-state index >= 15 is 0 Å². The van der Waals surface area contributed by atoms with Crippen molar-refractivity contribution >= 4 is 21.6 Å². The molecule has 2 N–H and O–H groups in total. The Kier molecular flexibility index (Phi) is 4.67. The number of aromatic nitrogens is 1. The molecule has 0 saturated carbocycles. The van der Waals surface area contributed by atoms with Crippen LogP contribution < -0.4 is 4.72 Å². The van der Waals surface area contributed by atoms with Gasteiger partial charge in [0.1, 0.15) is 4.90 Å². The second-order valence-electron chi connectivity index (χ2n) is 3.22. The molecule has 1 unspecified atom stereocenters. The molecule has 0 amide bonds. The molecule has 7 heteroatoms. The Morgan fingerprint density at radius 1 is 1.62 bits per heavy atom. The number of pyridine rings is 1. The number of hydrogen-bond acceptors (Lipinski definition) is 4. The van der Waals surface area contributed by atoms with E-state index in [0.717, 1.165) is 0 Å². The van der Waals surface area contributed by atoms with E-state index in [9.17, 15) is 13.5 Å². The zero-order valence-corrected chi connectivity index (χ0v) is 10.3. The summed E-state index contributed by atoms with van der Waals surface area (Å²) in [5, 5.41) is 9.37. The average molecular weight is 265 g/mol. The monoisotopic (exact) mass is 264 g/mol. The molecule has 1 rings (SSSR count). The topological polar surface area (TPSA) is 79.3 Å². The van der Waals surface area contributed by atoms with Gasteiger partial charge in [-0.2, -0.15) is 0 Å². The predicted molar refractivity (Wildman–Crippen MR) is 60.7 cm³/mol. The minimum absolute atomic E-state index is 0.0376. The zero-order chi connectivity index (χ0) is 12.2. The molecule has 5 nitrogen and oxygen atoms in total. The van der Waals surface area contributed by atoms with Gasteiger partial charge >= 0.3 is 0 Å². The van der Waals surface area contributed by atoms with Crippen molar-refractivity contribution in [2.75, 3.05) is 6.54 Å². The average Bonchev–Trinajstić information content (AvgIpc) is 2.26. The smallest absolute Gasteiger partial charge is 0.243 e. The first-order valence-corrected chi connectivity index (χ1v) is 6.60. The van der Waals surface area contributed by atoms with Crippen LogP contribution in [0.2, 0.25) is 5.02 Å². The zero-order valence-electron chi connectivity index (χ0n) is 8.72. The van der Waals surface area contributed by atoms with Gasteiger partial charge in [-0.1, -0.05) is 18.5 Å². The van der Waals surface area contributed by atoms with E-state index in [1.54, 1.807) is 6.92 Å². The van der Waals surface area contributed by atoms with Gasteiger partial charge in [0.25, 0.3) is 0 Å². The van der Waals surface area contributed by atoms with Gasteiger partial charge < -0.3 is 5.11 Å². The molecule has 1 heterocycles. The molecule has 0 aliphatic heterocycles. The quantitative estimate of drug-likeness (QED) is 0.824. The van der Waals surface area contributed by atoms with Gasteiger partial charge in [-0.15, -0.1) is 0 Å². The maximum atomic E-state index is 11.7. The molecule has 16 heavy (non-hydrogen) atoms. The molecular weight excluding hydrogens is 252 g/mol. The summed E-state index contributed by atoms with van der Waals surface area (Å²) in [4.78, 5) is 3.61. The first kappa shape index (κ1) is 13.4. The summed E-state index contributed by atoms with van der Waals surface area (Å²) in [5.41, 5.74) is 0. The lowest BCUT2D eigenvalue weighted by molar-refractivity contribution is 0.174. The second kappa shape index (κ2) is 5.58. The molecular formula is C9H13ClN2O3S. The van der Waals surface area contributed by atoms with Gasteiger partial charge in [0.2, 0.25) is 10.0 Å². The number of rotatable bonds is 5. The minimum atomic E-state index is -3.70. The highest BCUT2D eigenvalue weighted by atomic mass is 35.5. The highest BCUT2D eigenvalue weighted by molar-refractivity contribution is 7.89. The maximum absolute atomic E-state index is 11.7. The standard InChI is InChI=1S/C9H13ClN2O3S/c1-2-7(13)5-12-16(14,15)9-6-11-4-3-8(9)10/h3-4,6-7,12-13H,2,5H2,1H3. The van der Waals surface area contributed by atoms with Crippen molar-refractivity contribution in [1.82, 2.24) is 9.71 Å². The van der Waals surface area contributed by atoms with E-state index in [1.807, 2.05) is 0 Å². The van der Waals surface area contributed by atoms with E-state index in [4.69, 9.17) is 11.6 Å². The number of halogens is 1. The summed E-state index contributed by atoms with van der Waals surface area (Å²) >= 11 is 5.74. The SMILES string of the molecule is CCC(O)CNS(=O)(=O)c1cnccc1Cl. The van der Waals surface area contributed by atoms with Crippen molar-refractivity contribution < 1.29 is 13.5 Å². The Labute approximate surface area is 99.5 Å². The van der Waals surface area contributed by atoms with E-state index in [2.05, 4.69) is 9.71 Å². The lowest BCUT2D eigenvalue weighted by Crippen LogP contribution is -2.32. The molecule has 1 atom stereocenters. The number of nitrogens with zero attached hydrogens (tertiary/aromatic N) is 1. The summed E-state index contributed by atoms with van der Waals surface area (Å²) in [5.74, 6) is 0. The van der Waals surface area contributed by atoms with E-state index < -0.39 is 16.1 Å². The van der Waals surface area contributed by atoms with Gasteiger partial charge in [-0.3, -0.25) is 4.98 Å². The number of aliphatic hydroxyl groups is 1. The van der Waals surface area contributed by atoms with Crippen LogP contribution >= 0.6 is 11.6 Å². The van der Waals surface area contributed by atoms with E-state index in [-0.39, 0.29) is 16.5 Å². The van der Waals surface area contributed by atoms with Crippen LogP contribution in [0.15, 0.2) is 23.4 Å². The van der Waals surface area contributed by atoms with Crippen LogP contribution in [0.4, 0.5) is 0 Å². The Morgan fingerprint density at radius 3 is 2.88 bits per heavy atom. The summed E-state index contributed by atoms with van der Waals surface area (Å²) in [6.45, 7) is 1.72. The van der Waals surface area contributed by atoms with E-state index in [0.29, 0.717) is 6.42 Å². The van der Waals surface area contributed by atoms with Gasteiger partial charge in [-0.25, -0.2) is 13.1 Å². The fourth-order valence-electron chi connectivity index (χ4n) is 0.989. The van der Waals surface area contributed by atoms with Crippen LogP contribution in [0.25, 0.3) is 0 Å². The largest absolute Gasteiger partial charge is 0.392 e. The van der Waals surface area contributed by atoms with Gasteiger partial charge in [0.05, 0.1) is 11.1 Å². The van der Waals surface area contributed by atoms with Gasteiger partial charge in [0, 0.05) is 18.9 Å². The van der Waals surface area contributed by atoms with Crippen molar-refractivity contribution in [2.24, 2.45) is 0 Å². The van der Waals surface area contributed by atoms with E-state index in [1.165, 1.54) is 18.5 Å². The summed E-state index contributed by atoms with van der Waals surface area (Å²) in [7, 11) is -3.70. The maximum Gasteiger partial charge on any atom is 0.243 e. The number of sulfonamides is 1. The molecule has 0 spiro atoms. The Balaban J connectivity index is 2.83. The molecule has 0 aliphatic rings. The number of aliphatic hydroxyl groups excluding tert-OH is 1. The molecule has 1 aromatic rings. The third-order valence-corrected chi connectivity index (χ3v) is 3.90. The van der Waals surface area contributed by atoms with Crippen LogP contribution in [0.3, 0.4) is 0 Å². The third kappa shape index (κ3) is 3.41. The first-order valence-electron chi connectivity index (χ1n) is 4.74. The highest BCUT2D eigenvalue weighted by Gasteiger charge is 2.18. The van der Waals surface area contributed by atoms with Crippen molar-refractivity contribution in [3.63, 3.8) is 0 Å². The second-order valence-corrected chi connectivity index (χ2v) is 5.36. The van der Waals surface area contributed by atoms with Crippen molar-refractivity contribution in [3.8, 4) is 0 Å². The van der Waals surface area contributed by atoms with Crippen LogP contribution in [0, 0.1) is 0 Å². The van der Waals surface area contributed by atoms with Crippen LogP contribution in [0.5, 0.6) is 0 Å². The first-order chi connectivity index (χ1) is 7.47. The summed E-state index contributed by atoms with van der Waals surface area (Å²) in [6, 6.07) is 1.40. The minimum Gasteiger partial charge on any atom is -0.392 e. The lowest BCUT2D eigenvalue weighted by Gasteiger charge is -2.10.